The van der Waals surface area contributed by atoms with E-state index >= 15 is 0 Å². The number of aryl methyl sites for hydroxylation is 1. The summed E-state index contributed by atoms with van der Waals surface area (Å²) in [6, 6.07) is 0. The highest BCUT2D eigenvalue weighted by molar-refractivity contribution is 7.99. The first kappa shape index (κ1) is 12.6. The molecule has 0 radical (unpaired) electrons. The maximum Gasteiger partial charge on any atom is 0.182 e. The Hall–Kier alpha value is -1.43. The van der Waals surface area contributed by atoms with Crippen molar-refractivity contribution in [1.29, 1.82) is 5.41 Å². The zero-order valence-electron chi connectivity index (χ0n) is 9.53. The molecule has 0 bridgehead atoms. The van der Waals surface area contributed by atoms with Gasteiger partial charge in [0.2, 0.25) is 0 Å². The lowest BCUT2D eigenvalue weighted by Crippen LogP contribution is -2.19. The Bertz CT molecular complexity index is 446. The quantitative estimate of drug-likeness (QED) is 0.606. The molecule has 3 N–H and O–H groups in total. The molecule has 0 saturated heterocycles. The number of amidine groups is 1. The molecule has 1 unspecified atom stereocenters. The van der Waals surface area contributed by atoms with E-state index in [-0.39, 0.29) is 10.9 Å². The van der Waals surface area contributed by atoms with Gasteiger partial charge < -0.3 is 10.5 Å². The first-order valence-corrected chi connectivity index (χ1v) is 6.00. The molecule has 0 aliphatic heterocycles. The van der Waals surface area contributed by atoms with Crippen molar-refractivity contribution in [1.82, 2.24) is 4.98 Å². The van der Waals surface area contributed by atoms with Gasteiger partial charge in [0.25, 0.3) is 0 Å². The lowest BCUT2D eigenvalue weighted by atomic mass is 10.1. The van der Waals surface area contributed by atoms with E-state index in [4.69, 9.17) is 15.9 Å². The molecule has 5 nitrogen and oxygen atoms in total. The van der Waals surface area contributed by atoms with Crippen molar-refractivity contribution < 1.29 is 8.95 Å². The monoisotopic (exact) mass is 241 g/mol. The van der Waals surface area contributed by atoms with E-state index in [9.17, 15) is 4.21 Å². The topological polar surface area (TPSA) is 89.1 Å². The van der Waals surface area contributed by atoms with Gasteiger partial charge in [0.1, 0.15) is 5.75 Å². The highest BCUT2D eigenvalue weighted by Gasteiger charge is 2.13. The molecule has 0 aliphatic carbocycles. The van der Waals surface area contributed by atoms with E-state index in [1.807, 2.05) is 13.8 Å². The SMILES string of the molecule is COc1c(C)cnc(CS(=O)C(=N)N)c1C. The Balaban J connectivity index is 3.07. The second-order valence-electron chi connectivity index (χ2n) is 3.40. The molecular formula is C10H15N3O2S. The van der Waals surface area contributed by atoms with Gasteiger partial charge in [0, 0.05) is 17.3 Å². The molecule has 0 amide bonds. The van der Waals surface area contributed by atoms with Gasteiger partial charge >= 0.3 is 0 Å². The van der Waals surface area contributed by atoms with Crippen LogP contribution in [-0.2, 0) is 16.6 Å². The Morgan fingerprint density at radius 1 is 1.62 bits per heavy atom. The van der Waals surface area contributed by atoms with Gasteiger partial charge in [-0.05, 0) is 13.8 Å². The molecule has 6 heteroatoms. The summed E-state index contributed by atoms with van der Waals surface area (Å²) < 4.78 is 16.7. The van der Waals surface area contributed by atoms with Crippen LogP contribution in [0.2, 0.25) is 0 Å². The Morgan fingerprint density at radius 3 is 2.75 bits per heavy atom. The van der Waals surface area contributed by atoms with Gasteiger partial charge in [0.15, 0.2) is 5.17 Å². The summed E-state index contributed by atoms with van der Waals surface area (Å²) in [5, 5.41) is 6.75. The predicted molar refractivity (Wildman–Crippen MR) is 64.0 cm³/mol. The maximum atomic E-state index is 11.4. The Labute approximate surface area is 97.0 Å². The molecule has 1 aromatic rings. The van der Waals surface area contributed by atoms with Crippen LogP contribution in [0.5, 0.6) is 5.75 Å². The van der Waals surface area contributed by atoms with Crippen molar-refractivity contribution in [2.75, 3.05) is 7.11 Å². The van der Waals surface area contributed by atoms with Crippen LogP contribution in [0.25, 0.3) is 0 Å². The maximum absolute atomic E-state index is 11.4. The number of aromatic nitrogens is 1. The van der Waals surface area contributed by atoms with Crippen LogP contribution < -0.4 is 10.5 Å². The lowest BCUT2D eigenvalue weighted by Gasteiger charge is -2.11. The number of hydrogen-bond donors (Lipinski definition) is 2. The van der Waals surface area contributed by atoms with Crippen molar-refractivity contribution in [2.24, 2.45) is 5.73 Å². The van der Waals surface area contributed by atoms with Crippen molar-refractivity contribution in [3.8, 4) is 5.75 Å². The number of pyridine rings is 1. The molecule has 0 fully saturated rings. The minimum atomic E-state index is -1.51. The third kappa shape index (κ3) is 2.57. The van der Waals surface area contributed by atoms with Crippen LogP contribution in [0.4, 0.5) is 0 Å². The lowest BCUT2D eigenvalue weighted by molar-refractivity contribution is 0.407. The fourth-order valence-electron chi connectivity index (χ4n) is 1.42. The van der Waals surface area contributed by atoms with Gasteiger partial charge in [-0.3, -0.25) is 14.6 Å². The molecule has 16 heavy (non-hydrogen) atoms. The zero-order chi connectivity index (χ0) is 12.3. The van der Waals surface area contributed by atoms with Crippen molar-refractivity contribution in [2.45, 2.75) is 19.6 Å². The highest BCUT2D eigenvalue weighted by atomic mass is 32.2. The molecule has 0 saturated carbocycles. The molecule has 0 spiro atoms. The number of methoxy groups -OCH3 is 1. The van der Waals surface area contributed by atoms with Crippen LogP contribution >= 0.6 is 0 Å². The number of ether oxygens (including phenoxy) is 1. The molecular weight excluding hydrogens is 226 g/mol. The average molecular weight is 241 g/mol. The normalized spacial score (nSPS) is 12.2. The minimum Gasteiger partial charge on any atom is -0.496 e. The molecule has 1 heterocycles. The number of rotatable bonds is 3. The standard InChI is InChI=1S/C10H15N3O2S/c1-6-4-13-8(5-16(14)10(11)12)7(2)9(6)15-3/h4H,5H2,1-3H3,(H3,11,12). The van der Waals surface area contributed by atoms with E-state index in [0.717, 1.165) is 16.9 Å². The van der Waals surface area contributed by atoms with Gasteiger partial charge in [-0.25, -0.2) is 0 Å². The van der Waals surface area contributed by atoms with E-state index in [0.29, 0.717) is 5.69 Å². The number of nitrogens with one attached hydrogen (secondary N) is 1. The van der Waals surface area contributed by atoms with Gasteiger partial charge in [-0.15, -0.1) is 0 Å². The summed E-state index contributed by atoms with van der Waals surface area (Å²) in [6.45, 7) is 3.75. The zero-order valence-corrected chi connectivity index (χ0v) is 10.4. The van der Waals surface area contributed by atoms with E-state index in [1.54, 1.807) is 13.3 Å². The summed E-state index contributed by atoms with van der Waals surface area (Å²) in [4.78, 5) is 4.18. The number of hydrogen-bond acceptors (Lipinski definition) is 4. The van der Waals surface area contributed by atoms with E-state index < -0.39 is 10.8 Å². The van der Waals surface area contributed by atoms with Crippen LogP contribution in [0.1, 0.15) is 16.8 Å². The van der Waals surface area contributed by atoms with Crippen LogP contribution in [0.3, 0.4) is 0 Å². The summed E-state index contributed by atoms with van der Waals surface area (Å²) in [5.41, 5.74) is 7.58. The van der Waals surface area contributed by atoms with E-state index in [2.05, 4.69) is 4.98 Å². The Kier molecular flexibility index (Phi) is 4.00. The molecule has 1 aromatic heterocycles. The first-order chi connectivity index (χ1) is 7.47. The number of nitrogens with zero attached hydrogens (tertiary/aromatic N) is 1. The van der Waals surface area contributed by atoms with E-state index in [1.165, 1.54) is 0 Å². The fraction of sp³-hybridized carbons (Fsp3) is 0.400. The third-order valence-corrected chi connectivity index (χ3v) is 3.29. The van der Waals surface area contributed by atoms with Gasteiger partial charge in [-0.2, -0.15) is 0 Å². The second kappa shape index (κ2) is 5.07. The summed E-state index contributed by atoms with van der Waals surface area (Å²) >= 11 is 0. The average Bonchev–Trinajstić information content (AvgIpc) is 2.22. The minimum absolute atomic E-state index is 0.151. The fourth-order valence-corrected chi connectivity index (χ4v) is 2.11. The molecule has 1 rings (SSSR count). The molecule has 0 aliphatic rings. The largest absolute Gasteiger partial charge is 0.496 e. The summed E-state index contributed by atoms with van der Waals surface area (Å²) in [7, 11) is 0.0776. The van der Waals surface area contributed by atoms with Crippen LogP contribution in [0, 0.1) is 19.3 Å². The smallest absolute Gasteiger partial charge is 0.182 e. The van der Waals surface area contributed by atoms with Crippen LogP contribution in [0.15, 0.2) is 6.20 Å². The Morgan fingerprint density at radius 2 is 2.25 bits per heavy atom. The highest BCUT2D eigenvalue weighted by Crippen LogP contribution is 2.24. The third-order valence-electron chi connectivity index (χ3n) is 2.26. The number of nitrogens with two attached hydrogens (primary N) is 1. The molecule has 1 atom stereocenters. The van der Waals surface area contributed by atoms with Gasteiger partial charge in [0.05, 0.1) is 29.4 Å². The molecule has 0 aromatic carbocycles. The predicted octanol–water partition coefficient (Wildman–Crippen LogP) is 0.849. The summed E-state index contributed by atoms with van der Waals surface area (Å²) in [5.74, 6) is 0.892. The first-order valence-electron chi connectivity index (χ1n) is 4.68. The molecule has 88 valence electrons. The summed E-state index contributed by atoms with van der Waals surface area (Å²) in [6.07, 6.45) is 1.67. The van der Waals surface area contributed by atoms with Crippen molar-refractivity contribution in [3.63, 3.8) is 0 Å². The van der Waals surface area contributed by atoms with Crippen molar-refractivity contribution >= 4 is 16.0 Å². The van der Waals surface area contributed by atoms with Gasteiger partial charge in [-0.1, -0.05) is 0 Å². The van der Waals surface area contributed by atoms with Crippen molar-refractivity contribution in [3.05, 3.63) is 23.0 Å². The second-order valence-corrected chi connectivity index (χ2v) is 4.82. The van der Waals surface area contributed by atoms with Crippen LogP contribution in [-0.4, -0.2) is 21.5 Å².